The minimum Gasteiger partial charge on any atom is -0.359 e. The molecule has 0 spiro atoms. The Morgan fingerprint density at radius 1 is 1.45 bits per heavy atom. The Morgan fingerprint density at radius 2 is 2.15 bits per heavy atom. The second-order valence-corrected chi connectivity index (χ2v) is 4.42. The van der Waals surface area contributed by atoms with Crippen LogP contribution in [0.15, 0.2) is 10.6 Å². The fourth-order valence-corrected chi connectivity index (χ4v) is 1.78. The normalized spacial score (nSPS) is 11.1. The van der Waals surface area contributed by atoms with Crippen LogP contribution in [-0.4, -0.2) is 20.8 Å². The van der Waals surface area contributed by atoms with E-state index in [0.717, 1.165) is 0 Å². The molecule has 1 N–H and O–H groups in total. The van der Waals surface area contributed by atoms with Gasteiger partial charge in [0.2, 0.25) is 5.91 Å². The first kappa shape index (κ1) is 14.2. The molecule has 2 aromatic rings. The lowest BCUT2D eigenvalue weighted by Gasteiger charge is -2.06. The van der Waals surface area contributed by atoms with Crippen molar-refractivity contribution >= 4 is 11.6 Å². The van der Waals surface area contributed by atoms with Gasteiger partial charge in [0, 0.05) is 5.69 Å². The van der Waals surface area contributed by atoms with Gasteiger partial charge in [-0.1, -0.05) is 5.16 Å². The number of hydrogen-bond donors (Lipinski definition) is 1. The zero-order chi connectivity index (χ0) is 14.9. The number of amides is 1. The second-order valence-electron chi connectivity index (χ2n) is 4.42. The molecule has 6 nitrogen and oxygen atoms in total. The summed E-state index contributed by atoms with van der Waals surface area (Å²) in [6.07, 6.45) is -2.65. The molecule has 1 amide bonds. The smallest absolute Gasteiger partial charge is 0.282 e. The number of nitrogens with zero attached hydrogens (tertiary/aromatic N) is 3. The van der Waals surface area contributed by atoms with Gasteiger partial charge in [-0.15, -0.1) is 0 Å². The molecule has 0 fully saturated rings. The molecule has 0 aliphatic rings. The lowest BCUT2D eigenvalue weighted by atomic mass is 10.3. The van der Waals surface area contributed by atoms with Crippen molar-refractivity contribution in [3.05, 3.63) is 28.9 Å². The maximum atomic E-state index is 12.5. The van der Waals surface area contributed by atoms with E-state index in [2.05, 4.69) is 15.6 Å². The van der Waals surface area contributed by atoms with Crippen LogP contribution in [-0.2, 0) is 11.3 Å². The molecular formula is C12H14F2N4O2. The van der Waals surface area contributed by atoms with Crippen LogP contribution in [0.25, 0.3) is 0 Å². The number of rotatable bonds is 4. The number of hydrogen-bond acceptors (Lipinski definition) is 4. The number of aryl methyl sites for hydroxylation is 3. The number of halogens is 2. The number of alkyl halides is 2. The van der Waals surface area contributed by atoms with Gasteiger partial charge in [-0.25, -0.2) is 8.78 Å². The van der Waals surface area contributed by atoms with Gasteiger partial charge in [-0.2, -0.15) is 5.10 Å². The van der Waals surface area contributed by atoms with E-state index in [1.807, 2.05) is 0 Å². The average Bonchev–Trinajstić information content (AvgIpc) is 2.87. The fourth-order valence-electron chi connectivity index (χ4n) is 1.78. The van der Waals surface area contributed by atoms with Crippen molar-refractivity contribution in [3.8, 4) is 0 Å². The maximum absolute atomic E-state index is 12.5. The van der Waals surface area contributed by atoms with Crippen LogP contribution >= 0.6 is 0 Å². The molecule has 0 aliphatic heterocycles. The van der Waals surface area contributed by atoms with E-state index in [-0.39, 0.29) is 18.1 Å². The van der Waals surface area contributed by atoms with Gasteiger partial charge in [0.15, 0.2) is 5.76 Å². The Labute approximate surface area is 113 Å². The fraction of sp³-hybridized carbons (Fsp3) is 0.417. The Morgan fingerprint density at radius 3 is 2.65 bits per heavy atom. The summed E-state index contributed by atoms with van der Waals surface area (Å²) >= 11 is 0. The molecule has 0 saturated heterocycles. The molecule has 0 radical (unpaired) electrons. The van der Waals surface area contributed by atoms with E-state index < -0.39 is 6.43 Å². The first-order chi connectivity index (χ1) is 9.38. The van der Waals surface area contributed by atoms with Crippen LogP contribution in [0.2, 0.25) is 0 Å². The summed E-state index contributed by atoms with van der Waals surface area (Å²) in [5, 5.41) is 10.0. The minimum atomic E-state index is -2.65. The Bertz CT molecular complexity index is 614. The molecule has 0 atom stereocenters. The lowest BCUT2D eigenvalue weighted by molar-refractivity contribution is -0.117. The molecule has 0 saturated carbocycles. The number of nitrogens with one attached hydrogen (secondary N) is 1. The molecule has 0 aliphatic carbocycles. The quantitative estimate of drug-likeness (QED) is 0.935. The van der Waals surface area contributed by atoms with E-state index in [9.17, 15) is 13.6 Å². The van der Waals surface area contributed by atoms with E-state index in [1.54, 1.807) is 20.8 Å². The maximum Gasteiger partial charge on any atom is 0.282 e. The first-order valence-electron chi connectivity index (χ1n) is 5.93. The van der Waals surface area contributed by atoms with Crippen LogP contribution in [0.3, 0.4) is 0 Å². The van der Waals surface area contributed by atoms with Gasteiger partial charge in [-0.05, 0) is 26.8 Å². The molecule has 20 heavy (non-hydrogen) atoms. The monoisotopic (exact) mass is 284 g/mol. The highest BCUT2D eigenvalue weighted by Gasteiger charge is 2.17. The molecule has 2 aromatic heterocycles. The summed E-state index contributed by atoms with van der Waals surface area (Å²) in [5.41, 5.74) is 1.21. The Balaban J connectivity index is 2.09. The predicted octanol–water partition coefficient (Wildman–Crippen LogP) is 2.37. The van der Waals surface area contributed by atoms with Crippen molar-refractivity contribution in [1.82, 2.24) is 14.9 Å². The van der Waals surface area contributed by atoms with Crippen LogP contribution in [0.4, 0.5) is 14.5 Å². The van der Waals surface area contributed by atoms with Gasteiger partial charge in [0.1, 0.15) is 23.6 Å². The van der Waals surface area contributed by atoms with Crippen LogP contribution in [0.1, 0.15) is 29.3 Å². The summed E-state index contributed by atoms with van der Waals surface area (Å²) in [4.78, 5) is 11.9. The van der Waals surface area contributed by atoms with E-state index >= 15 is 0 Å². The van der Waals surface area contributed by atoms with E-state index in [4.69, 9.17) is 4.52 Å². The van der Waals surface area contributed by atoms with Crippen LogP contribution in [0.5, 0.6) is 0 Å². The zero-order valence-corrected chi connectivity index (χ0v) is 11.3. The van der Waals surface area contributed by atoms with Crippen molar-refractivity contribution in [3.63, 3.8) is 0 Å². The summed E-state index contributed by atoms with van der Waals surface area (Å²) in [7, 11) is 0. The first-order valence-corrected chi connectivity index (χ1v) is 5.93. The Kier molecular flexibility index (Phi) is 3.82. The van der Waals surface area contributed by atoms with E-state index in [0.29, 0.717) is 22.8 Å². The third-order valence-electron chi connectivity index (χ3n) is 2.81. The highest BCUT2D eigenvalue weighted by molar-refractivity contribution is 5.91. The summed E-state index contributed by atoms with van der Waals surface area (Å²) in [6.45, 7) is 4.83. The van der Waals surface area contributed by atoms with Crippen LogP contribution in [0, 0.1) is 20.8 Å². The molecule has 108 valence electrons. The van der Waals surface area contributed by atoms with Gasteiger partial charge in [0.25, 0.3) is 6.43 Å². The van der Waals surface area contributed by atoms with Gasteiger partial charge < -0.3 is 9.84 Å². The number of anilines is 1. The average molecular weight is 284 g/mol. The van der Waals surface area contributed by atoms with Gasteiger partial charge >= 0.3 is 0 Å². The summed E-state index contributed by atoms with van der Waals surface area (Å²) in [5.74, 6) is 0.104. The standard InChI is InChI=1S/C12H14F2N4O2/c1-6-4-9(12(13)14)16-18(6)5-10(19)15-11-7(2)17-20-8(11)3/h4,12H,5H2,1-3H3,(H,15,19). The van der Waals surface area contributed by atoms with Crippen molar-refractivity contribution in [1.29, 1.82) is 0 Å². The van der Waals surface area contributed by atoms with Gasteiger partial charge in [0.05, 0.1) is 0 Å². The highest BCUT2D eigenvalue weighted by atomic mass is 19.3. The third-order valence-corrected chi connectivity index (χ3v) is 2.81. The predicted molar refractivity (Wildman–Crippen MR) is 66.5 cm³/mol. The van der Waals surface area contributed by atoms with Crippen molar-refractivity contribution in [2.24, 2.45) is 0 Å². The summed E-state index contributed by atoms with van der Waals surface area (Å²) in [6, 6.07) is 1.26. The van der Waals surface area contributed by atoms with Crippen molar-refractivity contribution in [2.75, 3.05) is 5.32 Å². The van der Waals surface area contributed by atoms with Crippen LogP contribution < -0.4 is 5.32 Å². The molecule has 8 heteroatoms. The number of carbonyl (C=O) groups is 1. The largest absolute Gasteiger partial charge is 0.359 e. The molecule has 2 heterocycles. The molecule has 2 rings (SSSR count). The zero-order valence-electron chi connectivity index (χ0n) is 11.3. The van der Waals surface area contributed by atoms with Crippen molar-refractivity contribution < 1.29 is 18.1 Å². The topological polar surface area (TPSA) is 73.0 Å². The molecular weight excluding hydrogens is 270 g/mol. The second kappa shape index (κ2) is 5.40. The SMILES string of the molecule is Cc1noc(C)c1NC(=O)Cn1nc(C(F)F)cc1C. The number of carbonyl (C=O) groups excluding carboxylic acids is 1. The number of aromatic nitrogens is 3. The highest BCUT2D eigenvalue weighted by Crippen LogP contribution is 2.20. The van der Waals surface area contributed by atoms with Gasteiger partial charge in [-0.3, -0.25) is 9.48 Å². The lowest BCUT2D eigenvalue weighted by Crippen LogP contribution is -2.21. The van der Waals surface area contributed by atoms with E-state index in [1.165, 1.54) is 10.7 Å². The Hall–Kier alpha value is -2.25. The molecule has 0 aromatic carbocycles. The minimum absolute atomic E-state index is 0.150. The van der Waals surface area contributed by atoms with Crippen molar-refractivity contribution in [2.45, 2.75) is 33.7 Å². The molecule has 0 bridgehead atoms. The summed E-state index contributed by atoms with van der Waals surface area (Å²) < 4.78 is 31.2. The molecule has 0 unspecified atom stereocenters. The third kappa shape index (κ3) is 2.84.